The Morgan fingerprint density at radius 1 is 0.349 bits per heavy atom. The summed E-state index contributed by atoms with van der Waals surface area (Å²) in [6.07, 6.45) is 0. The molecule has 0 unspecified atom stereocenters. The van der Waals surface area contributed by atoms with Crippen molar-refractivity contribution in [3.05, 3.63) is 24.3 Å². The van der Waals surface area contributed by atoms with Gasteiger partial charge in [0.05, 0.1) is 139 Å². The minimum atomic E-state index is 0.477. The molecule has 1 aromatic rings. The number of rotatable bonds is 35. The predicted octanol–water partition coefficient (Wildman–Crippen LogP) is 1.85. The molecule has 0 spiro atoms. The van der Waals surface area contributed by atoms with Crippen molar-refractivity contribution in [3.63, 3.8) is 0 Å². The highest BCUT2D eigenvalue weighted by molar-refractivity contribution is 5.41. The highest BCUT2D eigenvalue weighted by Crippen LogP contribution is 2.12. The summed E-state index contributed by atoms with van der Waals surface area (Å²) in [5.74, 6) is 0.773. The molecular weight excluding hydrogens is 566 g/mol. The molecule has 0 aliphatic carbocycles. The molecule has 0 aliphatic rings. The monoisotopic (exact) mass is 621 g/mol. The van der Waals surface area contributed by atoms with Crippen LogP contribution in [0.2, 0.25) is 0 Å². The maximum absolute atomic E-state index is 5.64. The molecule has 13 nitrogen and oxygen atoms in total. The van der Waals surface area contributed by atoms with Gasteiger partial charge >= 0.3 is 0 Å². The number of hydrogen-bond acceptors (Lipinski definition) is 13. The summed E-state index contributed by atoms with van der Waals surface area (Å²) < 4.78 is 65.2. The summed E-state index contributed by atoms with van der Waals surface area (Å²) in [4.78, 5) is 0. The third kappa shape index (κ3) is 30.2. The third-order valence-corrected chi connectivity index (χ3v) is 5.30. The van der Waals surface area contributed by atoms with Gasteiger partial charge in [-0.2, -0.15) is 0 Å². The van der Waals surface area contributed by atoms with Crippen molar-refractivity contribution in [2.75, 3.05) is 158 Å². The lowest BCUT2D eigenvalue weighted by atomic mass is 10.3. The summed E-state index contributed by atoms with van der Waals surface area (Å²) in [5.41, 5.74) is 6.35. The molecule has 0 bridgehead atoms. The smallest absolute Gasteiger partial charge is 0.119 e. The fourth-order valence-corrected chi connectivity index (χ4v) is 3.13. The first-order valence-corrected chi connectivity index (χ1v) is 15.2. The van der Waals surface area contributed by atoms with Gasteiger partial charge in [0.1, 0.15) is 12.4 Å². The average Bonchev–Trinajstić information content (AvgIpc) is 3.02. The second kappa shape index (κ2) is 33.3. The number of benzene rings is 1. The van der Waals surface area contributed by atoms with Crippen molar-refractivity contribution in [2.24, 2.45) is 0 Å². The first-order chi connectivity index (χ1) is 21.3. The van der Waals surface area contributed by atoms with E-state index >= 15 is 0 Å². The first-order valence-electron chi connectivity index (χ1n) is 15.2. The molecule has 0 aliphatic heterocycles. The average molecular weight is 622 g/mol. The van der Waals surface area contributed by atoms with Gasteiger partial charge < -0.3 is 62.6 Å². The summed E-state index contributed by atoms with van der Waals surface area (Å²) in [6.45, 7) is 14.2. The van der Waals surface area contributed by atoms with Crippen LogP contribution in [0.25, 0.3) is 0 Å². The molecule has 0 fully saturated rings. The molecular formula is C30H55NO12. The number of nitrogen functional groups attached to an aromatic ring is 1. The highest BCUT2D eigenvalue weighted by Gasteiger charge is 1.97. The minimum Gasteiger partial charge on any atom is -0.491 e. The van der Waals surface area contributed by atoms with Crippen LogP contribution >= 0.6 is 0 Å². The predicted molar refractivity (Wildman–Crippen MR) is 161 cm³/mol. The van der Waals surface area contributed by atoms with E-state index in [1.807, 2.05) is 19.1 Å². The number of hydrogen-bond donors (Lipinski definition) is 1. The van der Waals surface area contributed by atoms with Crippen LogP contribution in [0.4, 0.5) is 5.69 Å². The van der Waals surface area contributed by atoms with Gasteiger partial charge in [-0.3, -0.25) is 0 Å². The van der Waals surface area contributed by atoms with Crippen LogP contribution in [-0.4, -0.2) is 152 Å². The topological polar surface area (TPSA) is 137 Å². The quantitative estimate of drug-likeness (QED) is 0.0873. The number of ether oxygens (including phenoxy) is 12. The molecule has 2 N–H and O–H groups in total. The van der Waals surface area contributed by atoms with Crippen molar-refractivity contribution in [1.29, 1.82) is 0 Å². The lowest BCUT2D eigenvalue weighted by Crippen LogP contribution is -2.15. The Morgan fingerprint density at radius 3 is 0.837 bits per heavy atom. The summed E-state index contributed by atoms with van der Waals surface area (Å²) >= 11 is 0. The highest BCUT2D eigenvalue weighted by atomic mass is 16.6. The van der Waals surface area contributed by atoms with E-state index in [1.165, 1.54) is 0 Å². The normalized spacial score (nSPS) is 11.4. The van der Waals surface area contributed by atoms with Crippen molar-refractivity contribution >= 4 is 5.69 Å². The van der Waals surface area contributed by atoms with Crippen LogP contribution in [0, 0.1) is 0 Å². The molecule has 252 valence electrons. The Hall–Kier alpha value is -1.62. The fourth-order valence-electron chi connectivity index (χ4n) is 3.13. The fraction of sp³-hybridized carbons (Fsp3) is 0.800. The van der Waals surface area contributed by atoms with Gasteiger partial charge in [0, 0.05) is 12.3 Å². The molecule has 0 heterocycles. The van der Waals surface area contributed by atoms with E-state index in [1.54, 1.807) is 12.1 Å². The van der Waals surface area contributed by atoms with Crippen LogP contribution in [0.1, 0.15) is 6.92 Å². The molecule has 0 amide bonds. The maximum atomic E-state index is 5.64. The van der Waals surface area contributed by atoms with Crippen LogP contribution < -0.4 is 10.5 Å². The summed E-state index contributed by atoms with van der Waals surface area (Å²) in [5, 5.41) is 0. The van der Waals surface area contributed by atoms with E-state index in [4.69, 9.17) is 62.6 Å². The van der Waals surface area contributed by atoms with E-state index in [0.29, 0.717) is 158 Å². The Balaban J connectivity index is 1.62. The van der Waals surface area contributed by atoms with Gasteiger partial charge in [-0.25, -0.2) is 0 Å². The first kappa shape index (κ1) is 39.4. The van der Waals surface area contributed by atoms with Gasteiger partial charge in [0.2, 0.25) is 0 Å². The Labute approximate surface area is 257 Å². The third-order valence-electron chi connectivity index (χ3n) is 5.30. The van der Waals surface area contributed by atoms with Crippen LogP contribution in [0.5, 0.6) is 5.75 Å². The van der Waals surface area contributed by atoms with E-state index in [0.717, 1.165) is 5.75 Å². The lowest BCUT2D eigenvalue weighted by Gasteiger charge is -2.09. The number of anilines is 1. The minimum absolute atomic E-state index is 0.477. The van der Waals surface area contributed by atoms with Crippen LogP contribution in [0.15, 0.2) is 24.3 Å². The van der Waals surface area contributed by atoms with Gasteiger partial charge in [0.25, 0.3) is 0 Å². The molecule has 0 aromatic heterocycles. The van der Waals surface area contributed by atoms with Crippen molar-refractivity contribution in [3.8, 4) is 5.75 Å². The second-order valence-corrected chi connectivity index (χ2v) is 8.74. The molecule has 0 saturated carbocycles. The van der Waals surface area contributed by atoms with Gasteiger partial charge in [-0.15, -0.1) is 0 Å². The molecule has 1 aromatic carbocycles. The van der Waals surface area contributed by atoms with Crippen molar-refractivity contribution in [1.82, 2.24) is 0 Å². The second-order valence-electron chi connectivity index (χ2n) is 8.74. The van der Waals surface area contributed by atoms with Gasteiger partial charge in [-0.05, 0) is 31.2 Å². The van der Waals surface area contributed by atoms with E-state index in [2.05, 4.69) is 0 Å². The van der Waals surface area contributed by atoms with E-state index < -0.39 is 0 Å². The van der Waals surface area contributed by atoms with Crippen molar-refractivity contribution in [2.45, 2.75) is 6.92 Å². The lowest BCUT2D eigenvalue weighted by molar-refractivity contribution is -0.0276. The molecule has 0 atom stereocenters. The van der Waals surface area contributed by atoms with Gasteiger partial charge in [0.15, 0.2) is 0 Å². The molecule has 0 radical (unpaired) electrons. The molecule has 43 heavy (non-hydrogen) atoms. The summed E-state index contributed by atoms with van der Waals surface area (Å²) in [6, 6.07) is 7.27. The largest absolute Gasteiger partial charge is 0.491 e. The molecule has 13 heteroatoms. The van der Waals surface area contributed by atoms with Gasteiger partial charge in [-0.1, -0.05) is 0 Å². The van der Waals surface area contributed by atoms with Crippen molar-refractivity contribution < 1.29 is 56.8 Å². The molecule has 1 rings (SSSR count). The van der Waals surface area contributed by atoms with E-state index in [9.17, 15) is 0 Å². The van der Waals surface area contributed by atoms with E-state index in [-0.39, 0.29) is 0 Å². The van der Waals surface area contributed by atoms with Crippen LogP contribution in [-0.2, 0) is 52.1 Å². The molecule has 0 saturated heterocycles. The Bertz CT molecular complexity index is 671. The zero-order valence-corrected chi connectivity index (χ0v) is 26.0. The zero-order chi connectivity index (χ0) is 30.7. The SMILES string of the molecule is CCOCCOCCOCCOCCOCCOCCOCCOCCOCCOCCOCCOc1ccc(N)cc1. The zero-order valence-electron chi connectivity index (χ0n) is 26.0. The Kier molecular flexibility index (Phi) is 30.5. The number of nitrogens with two attached hydrogens (primary N) is 1. The summed E-state index contributed by atoms with van der Waals surface area (Å²) in [7, 11) is 0. The van der Waals surface area contributed by atoms with Crippen LogP contribution in [0.3, 0.4) is 0 Å². The Morgan fingerprint density at radius 2 is 0.581 bits per heavy atom. The maximum Gasteiger partial charge on any atom is 0.119 e. The standard InChI is InChI=1S/C30H55NO12/c1-2-32-7-8-33-9-10-34-11-12-35-13-14-36-15-16-37-17-18-38-19-20-39-21-22-40-23-24-41-25-26-42-27-28-43-30-5-3-29(31)4-6-30/h3-6H,2,7-28,31H2,1H3.